The molecular weight excluding hydrogens is 316 g/mol. The van der Waals surface area contributed by atoms with Crippen LogP contribution in [0.2, 0.25) is 0 Å². The number of carbonyl (C=O) groups is 1. The Morgan fingerprint density at radius 2 is 1.96 bits per heavy atom. The summed E-state index contributed by atoms with van der Waals surface area (Å²) in [6, 6.07) is 14.3. The number of hydrogen-bond donors (Lipinski definition) is 2. The van der Waals surface area contributed by atoms with E-state index in [4.69, 9.17) is 0 Å². The molecular formula is C19H20N4O2. The number of benzene rings is 2. The van der Waals surface area contributed by atoms with Crippen LogP contribution in [-0.2, 0) is 11.3 Å². The Morgan fingerprint density at radius 3 is 2.68 bits per heavy atom. The Balaban J connectivity index is 1.73. The second-order valence-corrected chi connectivity index (χ2v) is 6.08. The molecule has 0 spiro atoms. The molecule has 6 nitrogen and oxygen atoms in total. The number of hydrazone groups is 1. The number of imidazole rings is 1. The van der Waals surface area contributed by atoms with Crippen molar-refractivity contribution in [3.05, 3.63) is 59.9 Å². The molecule has 0 unspecified atom stereocenters. The molecule has 0 fully saturated rings. The number of fused-ring (bicyclic) bond motifs is 1. The summed E-state index contributed by atoms with van der Waals surface area (Å²) in [6.07, 6.45) is 1.53. The molecule has 1 aromatic heterocycles. The lowest BCUT2D eigenvalue weighted by Crippen LogP contribution is -2.24. The van der Waals surface area contributed by atoms with Gasteiger partial charge in [0.25, 0.3) is 5.91 Å². The summed E-state index contributed by atoms with van der Waals surface area (Å²) in [4.78, 5) is 16.9. The number of para-hydroxylation sites is 2. The number of aromatic hydroxyl groups is 1. The summed E-state index contributed by atoms with van der Waals surface area (Å²) < 4.78 is 1.92. The SMILES string of the molecule is CC(C)c1nc2ccccc2n1CC(=O)N/N=C/c1ccc(O)cc1. The van der Waals surface area contributed by atoms with Crippen molar-refractivity contribution in [2.75, 3.05) is 0 Å². The second-order valence-electron chi connectivity index (χ2n) is 6.08. The average molecular weight is 336 g/mol. The van der Waals surface area contributed by atoms with Gasteiger partial charge >= 0.3 is 0 Å². The van der Waals surface area contributed by atoms with Crippen LogP contribution in [0, 0.1) is 0 Å². The van der Waals surface area contributed by atoms with Crippen molar-refractivity contribution < 1.29 is 9.90 Å². The highest BCUT2D eigenvalue weighted by molar-refractivity contribution is 5.84. The van der Waals surface area contributed by atoms with Gasteiger partial charge in [-0.3, -0.25) is 4.79 Å². The molecule has 1 amide bonds. The van der Waals surface area contributed by atoms with E-state index in [0.717, 1.165) is 22.4 Å². The zero-order valence-electron chi connectivity index (χ0n) is 14.2. The first-order chi connectivity index (χ1) is 12.0. The lowest BCUT2D eigenvalue weighted by molar-refractivity contribution is -0.121. The molecule has 0 saturated heterocycles. The molecule has 1 heterocycles. The maximum atomic E-state index is 12.3. The van der Waals surface area contributed by atoms with Gasteiger partial charge in [-0.1, -0.05) is 26.0 Å². The van der Waals surface area contributed by atoms with Crippen LogP contribution in [-0.4, -0.2) is 26.8 Å². The molecule has 25 heavy (non-hydrogen) atoms. The fourth-order valence-corrected chi connectivity index (χ4v) is 2.62. The Kier molecular flexibility index (Phi) is 4.79. The monoisotopic (exact) mass is 336 g/mol. The quantitative estimate of drug-likeness (QED) is 0.555. The molecule has 128 valence electrons. The lowest BCUT2D eigenvalue weighted by Gasteiger charge is -2.10. The summed E-state index contributed by atoms with van der Waals surface area (Å²) in [5.41, 5.74) is 5.14. The van der Waals surface area contributed by atoms with E-state index in [0.29, 0.717) is 0 Å². The largest absolute Gasteiger partial charge is 0.508 e. The molecule has 3 aromatic rings. The van der Waals surface area contributed by atoms with Gasteiger partial charge in [-0.15, -0.1) is 0 Å². The average Bonchev–Trinajstić information content (AvgIpc) is 2.96. The minimum absolute atomic E-state index is 0.154. The molecule has 0 radical (unpaired) electrons. The maximum absolute atomic E-state index is 12.3. The zero-order valence-corrected chi connectivity index (χ0v) is 14.2. The third kappa shape index (κ3) is 3.85. The van der Waals surface area contributed by atoms with Crippen LogP contribution < -0.4 is 5.43 Å². The Bertz CT molecular complexity index is 911. The van der Waals surface area contributed by atoms with E-state index in [2.05, 4.69) is 29.4 Å². The fraction of sp³-hybridized carbons (Fsp3) is 0.211. The van der Waals surface area contributed by atoms with Crippen LogP contribution in [0.15, 0.2) is 53.6 Å². The first-order valence-electron chi connectivity index (χ1n) is 8.10. The van der Waals surface area contributed by atoms with E-state index in [1.807, 2.05) is 28.8 Å². The summed E-state index contributed by atoms with van der Waals surface area (Å²) in [6.45, 7) is 4.26. The van der Waals surface area contributed by atoms with Gasteiger partial charge in [0.1, 0.15) is 18.1 Å². The Hall–Kier alpha value is -3.15. The highest BCUT2D eigenvalue weighted by atomic mass is 16.3. The van der Waals surface area contributed by atoms with Gasteiger partial charge < -0.3 is 9.67 Å². The molecule has 3 rings (SSSR count). The number of phenolic OH excluding ortho intramolecular Hbond substituents is 1. The molecule has 0 atom stereocenters. The summed E-state index contributed by atoms with van der Waals surface area (Å²) in [7, 11) is 0. The van der Waals surface area contributed by atoms with Gasteiger partial charge in [-0.05, 0) is 42.0 Å². The molecule has 0 aliphatic rings. The van der Waals surface area contributed by atoms with Crippen molar-refractivity contribution in [3.8, 4) is 5.75 Å². The van der Waals surface area contributed by atoms with Crippen molar-refractivity contribution in [2.24, 2.45) is 5.10 Å². The van der Waals surface area contributed by atoms with Gasteiger partial charge in [0, 0.05) is 5.92 Å². The van der Waals surface area contributed by atoms with Gasteiger partial charge in [-0.25, -0.2) is 10.4 Å². The number of amides is 1. The van der Waals surface area contributed by atoms with Gasteiger partial charge in [-0.2, -0.15) is 5.10 Å². The third-order valence-electron chi connectivity index (χ3n) is 3.80. The van der Waals surface area contributed by atoms with E-state index in [1.165, 1.54) is 6.21 Å². The van der Waals surface area contributed by atoms with Crippen molar-refractivity contribution in [2.45, 2.75) is 26.3 Å². The number of hydrogen-bond acceptors (Lipinski definition) is 4. The number of rotatable bonds is 5. The van der Waals surface area contributed by atoms with Crippen molar-refractivity contribution >= 4 is 23.2 Å². The van der Waals surface area contributed by atoms with E-state index in [-0.39, 0.29) is 24.1 Å². The van der Waals surface area contributed by atoms with Crippen LogP contribution in [0.5, 0.6) is 5.75 Å². The second kappa shape index (κ2) is 7.17. The molecule has 6 heteroatoms. The summed E-state index contributed by atoms with van der Waals surface area (Å²) >= 11 is 0. The Labute approximate surface area is 145 Å². The van der Waals surface area contributed by atoms with Crippen molar-refractivity contribution in [1.29, 1.82) is 0 Å². The van der Waals surface area contributed by atoms with E-state index >= 15 is 0 Å². The van der Waals surface area contributed by atoms with Crippen LogP contribution in [0.1, 0.15) is 31.2 Å². The molecule has 2 N–H and O–H groups in total. The van der Waals surface area contributed by atoms with Crippen LogP contribution in [0.4, 0.5) is 0 Å². The van der Waals surface area contributed by atoms with E-state index < -0.39 is 0 Å². The first kappa shape index (κ1) is 16.7. The standard InChI is InChI=1S/C19H20N4O2/c1-13(2)19-21-16-5-3-4-6-17(16)23(19)12-18(25)22-20-11-14-7-9-15(24)10-8-14/h3-11,13,24H,12H2,1-2H3,(H,22,25)/b20-11+. The molecule has 0 aliphatic carbocycles. The summed E-state index contributed by atoms with van der Waals surface area (Å²) in [5.74, 6) is 1.05. The normalized spacial score (nSPS) is 11.5. The van der Waals surface area contributed by atoms with Gasteiger partial charge in [0.15, 0.2) is 0 Å². The number of nitrogens with one attached hydrogen (secondary N) is 1. The lowest BCUT2D eigenvalue weighted by atomic mass is 10.2. The van der Waals surface area contributed by atoms with Crippen molar-refractivity contribution in [3.63, 3.8) is 0 Å². The van der Waals surface area contributed by atoms with Gasteiger partial charge in [0.2, 0.25) is 0 Å². The van der Waals surface area contributed by atoms with Crippen LogP contribution in [0.25, 0.3) is 11.0 Å². The molecule has 2 aromatic carbocycles. The molecule has 0 aliphatic heterocycles. The number of nitrogens with zero attached hydrogens (tertiary/aromatic N) is 3. The third-order valence-corrected chi connectivity index (χ3v) is 3.80. The summed E-state index contributed by atoms with van der Waals surface area (Å²) in [5, 5.41) is 13.2. The highest BCUT2D eigenvalue weighted by Gasteiger charge is 2.15. The fourth-order valence-electron chi connectivity index (χ4n) is 2.62. The zero-order chi connectivity index (χ0) is 17.8. The Morgan fingerprint density at radius 1 is 1.24 bits per heavy atom. The topological polar surface area (TPSA) is 79.5 Å². The maximum Gasteiger partial charge on any atom is 0.260 e. The number of phenols is 1. The predicted octanol–water partition coefficient (Wildman–Crippen LogP) is 3.02. The van der Waals surface area contributed by atoms with E-state index in [9.17, 15) is 9.90 Å². The number of aromatic nitrogens is 2. The molecule has 0 saturated carbocycles. The minimum atomic E-state index is -0.222. The van der Waals surface area contributed by atoms with Gasteiger partial charge in [0.05, 0.1) is 17.2 Å². The minimum Gasteiger partial charge on any atom is -0.508 e. The highest BCUT2D eigenvalue weighted by Crippen LogP contribution is 2.21. The molecule has 0 bridgehead atoms. The van der Waals surface area contributed by atoms with Crippen LogP contribution in [0.3, 0.4) is 0 Å². The predicted molar refractivity (Wildman–Crippen MR) is 97.7 cm³/mol. The number of carbonyl (C=O) groups excluding carboxylic acids is 1. The smallest absolute Gasteiger partial charge is 0.260 e. The first-order valence-corrected chi connectivity index (χ1v) is 8.10. The van der Waals surface area contributed by atoms with Crippen molar-refractivity contribution in [1.82, 2.24) is 15.0 Å². The van der Waals surface area contributed by atoms with Crippen LogP contribution >= 0.6 is 0 Å². The van der Waals surface area contributed by atoms with E-state index in [1.54, 1.807) is 24.3 Å².